The lowest BCUT2D eigenvalue weighted by Crippen LogP contribution is -2.64. The molecule has 7 aliphatic rings. The molecule has 5 fully saturated rings. The maximum absolute atomic E-state index is 13.5. The van der Waals surface area contributed by atoms with E-state index in [1.165, 1.54) is 0 Å². The minimum Gasteiger partial charge on any atom is -0.456 e. The Labute approximate surface area is 218 Å². The van der Waals surface area contributed by atoms with Crippen LogP contribution in [0, 0.1) is 34.5 Å². The van der Waals surface area contributed by atoms with Crippen LogP contribution < -0.4 is 0 Å². The van der Waals surface area contributed by atoms with Crippen LogP contribution in [0.15, 0.2) is 23.3 Å². The molecule has 1 unspecified atom stereocenters. The number of ether oxygens (including phenoxy) is 4. The number of aliphatic hydroxyl groups is 1. The number of allylic oxidation sites excluding steroid dienone is 1. The number of rotatable bonds is 3. The molecule has 7 nitrogen and oxygen atoms in total. The number of cyclic esters (lactones) is 1. The quantitative estimate of drug-likeness (QED) is 0.453. The van der Waals surface area contributed by atoms with Crippen molar-refractivity contribution >= 4 is 11.8 Å². The molecule has 2 spiro atoms. The van der Waals surface area contributed by atoms with Gasteiger partial charge in [-0.25, -0.2) is 4.79 Å². The molecule has 0 aromatic rings. The molecule has 1 N–H and O–H groups in total. The second kappa shape index (κ2) is 7.56. The van der Waals surface area contributed by atoms with E-state index in [2.05, 4.69) is 13.8 Å². The van der Waals surface area contributed by atoms with Crippen LogP contribution in [0.4, 0.5) is 0 Å². The fourth-order valence-corrected chi connectivity index (χ4v) is 10.4. The predicted molar refractivity (Wildman–Crippen MR) is 133 cm³/mol. The van der Waals surface area contributed by atoms with Gasteiger partial charge in [0.05, 0.1) is 11.5 Å². The average molecular weight is 513 g/mol. The SMILES string of the molecule is CCOC1O[C@@](C)([C@H]2CC(C)=C(C)C(=O)O2)[C@H]2CC[C@H]3[C@@H]4C[C@H]5O[C@]56[C@@H](O)C=CC(=O)[C@]6(C)[C@H]4CC[C@]123. The summed E-state index contributed by atoms with van der Waals surface area (Å²) in [4.78, 5) is 26.2. The third-order valence-corrected chi connectivity index (χ3v) is 12.3. The molecular weight excluding hydrogens is 472 g/mol. The molecule has 0 amide bonds. The van der Waals surface area contributed by atoms with Crippen LogP contribution in [0.2, 0.25) is 0 Å². The first-order valence-corrected chi connectivity index (χ1v) is 14.3. The molecule has 0 aromatic carbocycles. The Morgan fingerprint density at radius 2 is 1.86 bits per heavy atom. The van der Waals surface area contributed by atoms with Crippen LogP contribution >= 0.6 is 0 Å². The molecule has 0 bridgehead atoms. The van der Waals surface area contributed by atoms with Crippen molar-refractivity contribution in [3.05, 3.63) is 23.3 Å². The maximum atomic E-state index is 13.5. The maximum Gasteiger partial charge on any atom is 0.334 e. The third-order valence-electron chi connectivity index (χ3n) is 12.3. The van der Waals surface area contributed by atoms with Crippen LogP contribution in [0.1, 0.15) is 73.1 Å². The van der Waals surface area contributed by atoms with Crippen molar-refractivity contribution in [3.8, 4) is 0 Å². The van der Waals surface area contributed by atoms with E-state index in [0.29, 0.717) is 30.4 Å². The second-order valence-corrected chi connectivity index (χ2v) is 13.3. The smallest absolute Gasteiger partial charge is 0.334 e. The molecule has 2 saturated heterocycles. The van der Waals surface area contributed by atoms with E-state index in [4.69, 9.17) is 18.9 Å². The first-order valence-electron chi connectivity index (χ1n) is 14.3. The van der Waals surface area contributed by atoms with E-state index < -0.39 is 22.7 Å². The van der Waals surface area contributed by atoms with Gasteiger partial charge in [-0.3, -0.25) is 4.79 Å². The van der Waals surface area contributed by atoms with Gasteiger partial charge in [0.2, 0.25) is 0 Å². The highest BCUT2D eigenvalue weighted by molar-refractivity contribution is 5.98. The first-order chi connectivity index (χ1) is 17.6. The lowest BCUT2D eigenvalue weighted by molar-refractivity contribution is -0.236. The van der Waals surface area contributed by atoms with Crippen molar-refractivity contribution in [2.24, 2.45) is 34.5 Å². The highest BCUT2D eigenvalue weighted by Gasteiger charge is 2.82. The van der Waals surface area contributed by atoms with E-state index in [9.17, 15) is 14.7 Å². The Balaban J connectivity index is 1.27. The first kappa shape index (κ1) is 24.5. The normalized spacial score (nSPS) is 55.7. The summed E-state index contributed by atoms with van der Waals surface area (Å²) in [6.45, 7) is 10.6. The van der Waals surface area contributed by atoms with Crippen molar-refractivity contribution in [2.75, 3.05) is 6.61 Å². The van der Waals surface area contributed by atoms with E-state index in [1.807, 2.05) is 20.8 Å². The van der Waals surface area contributed by atoms with E-state index >= 15 is 0 Å². The Morgan fingerprint density at radius 1 is 1.08 bits per heavy atom. The summed E-state index contributed by atoms with van der Waals surface area (Å²) in [5.74, 6) is 0.860. The summed E-state index contributed by atoms with van der Waals surface area (Å²) in [6, 6.07) is 0. The zero-order chi connectivity index (χ0) is 26.1. The van der Waals surface area contributed by atoms with Gasteiger partial charge in [-0.2, -0.15) is 0 Å². The summed E-state index contributed by atoms with van der Waals surface area (Å²) in [6.07, 6.45) is 7.07. The third kappa shape index (κ3) is 2.68. The molecule has 4 aliphatic carbocycles. The number of aliphatic hydroxyl groups excluding tert-OH is 1. The molecule has 7 heteroatoms. The molecule has 3 heterocycles. The minimum atomic E-state index is -0.763. The molecule has 7 rings (SSSR count). The van der Waals surface area contributed by atoms with Crippen molar-refractivity contribution in [2.45, 2.75) is 109 Å². The number of hydrogen-bond acceptors (Lipinski definition) is 7. The van der Waals surface area contributed by atoms with Crippen molar-refractivity contribution < 1.29 is 33.6 Å². The highest BCUT2D eigenvalue weighted by Crippen LogP contribution is 2.76. The lowest BCUT2D eigenvalue weighted by atomic mass is 9.44. The van der Waals surface area contributed by atoms with Gasteiger partial charge in [0.1, 0.15) is 23.4 Å². The zero-order valence-corrected chi connectivity index (χ0v) is 22.6. The fraction of sp³-hybridized carbons (Fsp3) is 0.800. The van der Waals surface area contributed by atoms with E-state index in [0.717, 1.165) is 37.7 Å². The molecule has 0 radical (unpaired) electrons. The molecule has 12 atom stereocenters. The molecule has 37 heavy (non-hydrogen) atoms. The Kier molecular flexibility index (Phi) is 5.00. The topological polar surface area (TPSA) is 94.6 Å². The van der Waals surface area contributed by atoms with Crippen molar-refractivity contribution in [1.29, 1.82) is 0 Å². The minimum absolute atomic E-state index is 0.0915. The largest absolute Gasteiger partial charge is 0.456 e. The molecule has 3 saturated carbocycles. The second-order valence-electron chi connectivity index (χ2n) is 13.3. The number of epoxide rings is 1. The number of carbonyl (C=O) groups is 2. The Hall–Kier alpha value is -1.54. The van der Waals surface area contributed by atoms with E-state index in [-0.39, 0.29) is 47.5 Å². The summed E-state index contributed by atoms with van der Waals surface area (Å²) < 4.78 is 25.6. The van der Waals surface area contributed by atoms with Crippen LogP contribution in [0.3, 0.4) is 0 Å². The van der Waals surface area contributed by atoms with Gasteiger partial charge in [-0.1, -0.05) is 5.57 Å². The number of carbonyl (C=O) groups excluding carboxylic acids is 2. The summed E-state index contributed by atoms with van der Waals surface area (Å²) in [5.41, 5.74) is -0.507. The molecule has 3 aliphatic heterocycles. The summed E-state index contributed by atoms with van der Waals surface area (Å²) in [7, 11) is 0. The summed E-state index contributed by atoms with van der Waals surface area (Å²) in [5, 5.41) is 11.0. The molecule has 0 aromatic heterocycles. The van der Waals surface area contributed by atoms with Gasteiger partial charge in [0, 0.05) is 29.9 Å². The molecule has 202 valence electrons. The van der Waals surface area contributed by atoms with Gasteiger partial charge in [0.25, 0.3) is 0 Å². The van der Waals surface area contributed by atoms with Crippen LogP contribution in [0.5, 0.6) is 0 Å². The van der Waals surface area contributed by atoms with Gasteiger partial charge in [-0.15, -0.1) is 0 Å². The standard InChI is InChI=1S/C30H40O7/c1-6-34-26-29-12-11-18-17(14-24-30(36-24)22(32)10-9-21(31)27(18,30)4)19(29)7-8-20(29)28(5,37-26)23-13-15(2)16(3)25(33)35-23/h9-10,17-20,22-24,26,32H,6-8,11-14H2,1-5H3/t17-,18+,19+,20-,22+,23-,24-,26?,27+,28-,29-,30-/m1/s1. The predicted octanol–water partition coefficient (Wildman–Crippen LogP) is 3.88. The van der Waals surface area contributed by atoms with Crippen LogP contribution in [0.25, 0.3) is 0 Å². The van der Waals surface area contributed by atoms with Crippen LogP contribution in [-0.2, 0) is 28.5 Å². The zero-order valence-electron chi connectivity index (χ0n) is 22.6. The number of fused-ring (bicyclic) bond motifs is 3. The number of hydrogen-bond donors (Lipinski definition) is 1. The fourth-order valence-electron chi connectivity index (χ4n) is 10.4. The Morgan fingerprint density at radius 3 is 2.59 bits per heavy atom. The van der Waals surface area contributed by atoms with Crippen molar-refractivity contribution in [1.82, 2.24) is 0 Å². The number of ketones is 1. The van der Waals surface area contributed by atoms with Gasteiger partial charge in [0.15, 0.2) is 12.1 Å². The number of esters is 1. The van der Waals surface area contributed by atoms with Crippen molar-refractivity contribution in [3.63, 3.8) is 0 Å². The van der Waals surface area contributed by atoms with E-state index in [1.54, 1.807) is 12.2 Å². The molecular formula is C30H40O7. The van der Waals surface area contributed by atoms with Gasteiger partial charge >= 0.3 is 5.97 Å². The monoisotopic (exact) mass is 512 g/mol. The summed E-state index contributed by atoms with van der Waals surface area (Å²) >= 11 is 0. The Bertz CT molecular complexity index is 1130. The average Bonchev–Trinajstić information content (AvgIpc) is 3.38. The van der Waals surface area contributed by atoms with Gasteiger partial charge < -0.3 is 24.1 Å². The lowest BCUT2D eigenvalue weighted by Gasteiger charge is -2.58. The van der Waals surface area contributed by atoms with Crippen LogP contribution in [-0.4, -0.2) is 59.3 Å². The highest BCUT2D eigenvalue weighted by atomic mass is 16.7. The van der Waals surface area contributed by atoms with Gasteiger partial charge in [-0.05, 0) is 96.6 Å².